The smallest absolute Gasteiger partial charge is 0.103 e. The Bertz CT molecular complexity index is 387. The maximum absolute atomic E-state index is 9.06. The van der Waals surface area contributed by atoms with Gasteiger partial charge in [-0.05, 0) is 53.4 Å². The predicted octanol–water partition coefficient (Wildman–Crippen LogP) is 3.87. The highest BCUT2D eigenvalue weighted by Crippen LogP contribution is 2.24. The summed E-state index contributed by atoms with van der Waals surface area (Å²) in [5, 5.41) is 12.4. The Morgan fingerprint density at radius 2 is 2.31 bits per heavy atom. The van der Waals surface area contributed by atoms with Crippen LogP contribution in [0.4, 0.5) is 5.69 Å². The van der Waals surface area contributed by atoms with Gasteiger partial charge in [-0.15, -0.1) is 0 Å². The van der Waals surface area contributed by atoms with E-state index in [0.717, 1.165) is 22.3 Å². The Balaban J connectivity index is 2.74. The van der Waals surface area contributed by atoms with Crippen molar-refractivity contribution in [3.63, 3.8) is 0 Å². The highest BCUT2D eigenvalue weighted by molar-refractivity contribution is 9.10. The monoisotopic (exact) mass is 298 g/mol. The van der Waals surface area contributed by atoms with Gasteiger partial charge in [-0.25, -0.2) is 0 Å². The standard InChI is InChI=1S/C12H15BrN2S/c1-9(6-7-16-2)15-12-5-3-4-11(13)10(12)8-14/h3-5,9,15H,6-7H2,1-2H3. The summed E-state index contributed by atoms with van der Waals surface area (Å²) in [4.78, 5) is 0. The minimum absolute atomic E-state index is 0.383. The summed E-state index contributed by atoms with van der Waals surface area (Å²) >= 11 is 5.22. The fraction of sp³-hybridized carbons (Fsp3) is 0.417. The summed E-state index contributed by atoms with van der Waals surface area (Å²) in [5.74, 6) is 1.13. The lowest BCUT2D eigenvalue weighted by atomic mass is 10.1. The second-order valence-corrected chi connectivity index (χ2v) is 5.44. The largest absolute Gasteiger partial charge is 0.381 e. The molecule has 0 fully saturated rings. The van der Waals surface area contributed by atoms with Gasteiger partial charge in [-0.2, -0.15) is 17.0 Å². The van der Waals surface area contributed by atoms with Crippen molar-refractivity contribution in [2.45, 2.75) is 19.4 Å². The van der Waals surface area contributed by atoms with E-state index in [1.165, 1.54) is 0 Å². The first kappa shape index (κ1) is 13.4. The van der Waals surface area contributed by atoms with Crippen LogP contribution in [0, 0.1) is 11.3 Å². The third kappa shape index (κ3) is 3.73. The Morgan fingerprint density at radius 3 is 2.94 bits per heavy atom. The molecule has 0 aromatic heterocycles. The molecule has 0 aliphatic carbocycles. The van der Waals surface area contributed by atoms with Gasteiger partial charge < -0.3 is 5.32 Å². The Morgan fingerprint density at radius 1 is 1.56 bits per heavy atom. The first-order valence-electron chi connectivity index (χ1n) is 5.13. The molecular weight excluding hydrogens is 284 g/mol. The molecule has 1 unspecified atom stereocenters. The number of thioether (sulfide) groups is 1. The number of nitrogens with zero attached hydrogens (tertiary/aromatic N) is 1. The predicted molar refractivity (Wildman–Crippen MR) is 74.9 cm³/mol. The number of hydrogen-bond donors (Lipinski definition) is 1. The first-order valence-corrected chi connectivity index (χ1v) is 7.31. The summed E-state index contributed by atoms with van der Waals surface area (Å²) in [6.07, 6.45) is 3.20. The zero-order valence-corrected chi connectivity index (χ0v) is 11.9. The molecule has 0 heterocycles. The molecule has 0 aliphatic heterocycles. The van der Waals surface area contributed by atoms with Crippen LogP contribution in [0.25, 0.3) is 0 Å². The van der Waals surface area contributed by atoms with E-state index in [4.69, 9.17) is 5.26 Å². The lowest BCUT2D eigenvalue weighted by Crippen LogP contribution is -2.16. The third-order valence-electron chi connectivity index (χ3n) is 2.28. The van der Waals surface area contributed by atoms with Crippen LogP contribution < -0.4 is 5.32 Å². The van der Waals surface area contributed by atoms with E-state index in [1.807, 2.05) is 30.0 Å². The van der Waals surface area contributed by atoms with E-state index in [-0.39, 0.29) is 0 Å². The van der Waals surface area contributed by atoms with Gasteiger partial charge in [0.25, 0.3) is 0 Å². The van der Waals surface area contributed by atoms with Gasteiger partial charge >= 0.3 is 0 Å². The topological polar surface area (TPSA) is 35.8 Å². The molecule has 0 saturated heterocycles. The number of nitriles is 1. The molecule has 16 heavy (non-hydrogen) atoms. The molecule has 0 saturated carbocycles. The lowest BCUT2D eigenvalue weighted by molar-refractivity contribution is 0.771. The molecule has 1 aromatic carbocycles. The Kier molecular flexibility index (Phi) is 5.72. The second-order valence-electron chi connectivity index (χ2n) is 3.60. The van der Waals surface area contributed by atoms with Crippen LogP contribution in [0.3, 0.4) is 0 Å². The van der Waals surface area contributed by atoms with Crippen molar-refractivity contribution in [3.8, 4) is 6.07 Å². The normalized spacial score (nSPS) is 11.9. The number of nitrogens with one attached hydrogen (secondary N) is 1. The van der Waals surface area contributed by atoms with E-state index in [1.54, 1.807) is 0 Å². The van der Waals surface area contributed by atoms with E-state index >= 15 is 0 Å². The number of benzene rings is 1. The van der Waals surface area contributed by atoms with Crippen molar-refractivity contribution in [2.24, 2.45) is 0 Å². The second kappa shape index (κ2) is 6.82. The number of anilines is 1. The summed E-state index contributed by atoms with van der Waals surface area (Å²) in [5.41, 5.74) is 1.59. The molecule has 0 bridgehead atoms. The summed E-state index contributed by atoms with van der Waals surface area (Å²) in [6.45, 7) is 2.14. The van der Waals surface area contributed by atoms with E-state index < -0.39 is 0 Å². The van der Waals surface area contributed by atoms with Crippen LogP contribution in [0.5, 0.6) is 0 Å². The van der Waals surface area contributed by atoms with Gasteiger partial charge in [0.1, 0.15) is 6.07 Å². The van der Waals surface area contributed by atoms with Gasteiger partial charge in [-0.1, -0.05) is 6.07 Å². The Hall–Kier alpha value is -0.660. The molecule has 4 heteroatoms. The average molecular weight is 299 g/mol. The number of rotatable bonds is 5. The van der Waals surface area contributed by atoms with E-state index in [0.29, 0.717) is 11.6 Å². The van der Waals surface area contributed by atoms with E-state index in [2.05, 4.69) is 40.5 Å². The van der Waals surface area contributed by atoms with E-state index in [9.17, 15) is 0 Å². The molecular formula is C12H15BrN2S. The molecule has 2 nitrogen and oxygen atoms in total. The summed E-state index contributed by atoms with van der Waals surface area (Å²) in [6, 6.07) is 8.36. The molecule has 0 spiro atoms. The van der Waals surface area contributed by atoms with Crippen LogP contribution >= 0.6 is 27.7 Å². The van der Waals surface area contributed by atoms with Crippen molar-refractivity contribution >= 4 is 33.4 Å². The highest BCUT2D eigenvalue weighted by Gasteiger charge is 2.08. The van der Waals surface area contributed by atoms with Crippen molar-refractivity contribution < 1.29 is 0 Å². The van der Waals surface area contributed by atoms with Gasteiger partial charge in [-0.3, -0.25) is 0 Å². The zero-order chi connectivity index (χ0) is 12.0. The molecule has 0 amide bonds. The van der Waals surface area contributed by atoms with Crippen molar-refractivity contribution in [1.29, 1.82) is 5.26 Å². The lowest BCUT2D eigenvalue weighted by Gasteiger charge is -2.16. The minimum atomic E-state index is 0.383. The van der Waals surface area contributed by atoms with Gasteiger partial charge in [0.2, 0.25) is 0 Å². The van der Waals surface area contributed by atoms with Crippen LogP contribution in [0.2, 0.25) is 0 Å². The first-order chi connectivity index (χ1) is 7.69. The molecule has 1 atom stereocenters. The fourth-order valence-electron chi connectivity index (χ4n) is 1.39. The van der Waals surface area contributed by atoms with Crippen molar-refractivity contribution in [1.82, 2.24) is 0 Å². The minimum Gasteiger partial charge on any atom is -0.381 e. The maximum Gasteiger partial charge on any atom is 0.103 e. The van der Waals surface area contributed by atoms with Gasteiger partial charge in [0, 0.05) is 10.5 Å². The molecule has 1 N–H and O–H groups in total. The van der Waals surface area contributed by atoms with Crippen LogP contribution in [-0.2, 0) is 0 Å². The maximum atomic E-state index is 9.06. The molecule has 0 aliphatic rings. The third-order valence-corrected chi connectivity index (χ3v) is 3.59. The van der Waals surface area contributed by atoms with Crippen LogP contribution in [0.15, 0.2) is 22.7 Å². The molecule has 0 radical (unpaired) electrons. The van der Waals surface area contributed by atoms with Gasteiger partial charge in [0.05, 0.1) is 11.3 Å². The Labute approximate surface area is 110 Å². The molecule has 86 valence electrons. The average Bonchev–Trinajstić information content (AvgIpc) is 2.27. The van der Waals surface area contributed by atoms with Crippen LogP contribution in [-0.4, -0.2) is 18.1 Å². The van der Waals surface area contributed by atoms with Crippen molar-refractivity contribution in [2.75, 3.05) is 17.3 Å². The fourth-order valence-corrected chi connectivity index (χ4v) is 2.43. The number of halogens is 1. The molecule has 1 aromatic rings. The summed E-state index contributed by atoms with van der Waals surface area (Å²) < 4.78 is 0.845. The van der Waals surface area contributed by atoms with Crippen LogP contribution in [0.1, 0.15) is 18.9 Å². The summed E-state index contributed by atoms with van der Waals surface area (Å²) in [7, 11) is 0. The highest BCUT2D eigenvalue weighted by atomic mass is 79.9. The quantitative estimate of drug-likeness (QED) is 0.896. The zero-order valence-electron chi connectivity index (χ0n) is 9.46. The number of hydrogen-bond acceptors (Lipinski definition) is 3. The SMILES string of the molecule is CSCCC(C)Nc1cccc(Br)c1C#N. The van der Waals surface area contributed by atoms with Crippen molar-refractivity contribution in [3.05, 3.63) is 28.2 Å². The van der Waals surface area contributed by atoms with Gasteiger partial charge in [0.15, 0.2) is 0 Å². The molecule has 1 rings (SSSR count).